The van der Waals surface area contributed by atoms with Crippen LogP contribution in [-0.4, -0.2) is 67.6 Å². The Morgan fingerprint density at radius 3 is 2.28 bits per heavy atom. The fourth-order valence-corrected chi connectivity index (χ4v) is 6.72. The van der Waals surface area contributed by atoms with Gasteiger partial charge in [0.2, 0.25) is 20.0 Å². The van der Waals surface area contributed by atoms with Gasteiger partial charge in [0.1, 0.15) is 5.52 Å². The van der Waals surface area contributed by atoms with E-state index in [-0.39, 0.29) is 15.8 Å². The first kappa shape index (κ1) is 22.8. The number of piperidine rings is 1. The van der Waals surface area contributed by atoms with Crippen LogP contribution in [0.15, 0.2) is 46.2 Å². The molecule has 3 aromatic rings. The number of aryl methyl sites for hydroxylation is 2. The maximum absolute atomic E-state index is 13.2. The van der Waals surface area contributed by atoms with Crippen molar-refractivity contribution >= 4 is 31.1 Å². The third-order valence-corrected chi connectivity index (χ3v) is 9.81. The summed E-state index contributed by atoms with van der Waals surface area (Å²) in [6, 6.07) is 10.3. The zero-order chi connectivity index (χ0) is 23.3. The van der Waals surface area contributed by atoms with Gasteiger partial charge in [-0.2, -0.15) is 4.31 Å². The van der Waals surface area contributed by atoms with Gasteiger partial charge in [0.25, 0.3) is 0 Å². The molecule has 4 rings (SSSR count). The van der Waals surface area contributed by atoms with Crippen molar-refractivity contribution in [3.63, 3.8) is 0 Å². The fourth-order valence-electron chi connectivity index (χ4n) is 4.07. The van der Waals surface area contributed by atoms with Crippen molar-refractivity contribution in [1.29, 1.82) is 0 Å². The number of hydrogen-bond acceptors (Lipinski definition) is 6. The Morgan fingerprint density at radius 1 is 0.969 bits per heavy atom. The van der Waals surface area contributed by atoms with Crippen LogP contribution in [0, 0.1) is 13.8 Å². The summed E-state index contributed by atoms with van der Waals surface area (Å²) in [5.41, 5.74) is 3.30. The summed E-state index contributed by atoms with van der Waals surface area (Å²) in [6.45, 7) is 4.33. The Hall–Kier alpha value is -2.34. The van der Waals surface area contributed by atoms with Crippen LogP contribution in [0.2, 0.25) is 0 Å². The van der Waals surface area contributed by atoms with Crippen molar-refractivity contribution in [3.8, 4) is 0 Å². The van der Waals surface area contributed by atoms with E-state index >= 15 is 0 Å². The first-order valence-electron chi connectivity index (χ1n) is 10.4. The van der Waals surface area contributed by atoms with Crippen molar-refractivity contribution in [2.24, 2.45) is 0 Å². The van der Waals surface area contributed by atoms with Gasteiger partial charge in [0.15, 0.2) is 0 Å². The van der Waals surface area contributed by atoms with Crippen LogP contribution >= 0.6 is 0 Å². The van der Waals surface area contributed by atoms with Gasteiger partial charge >= 0.3 is 0 Å². The first-order valence-corrected chi connectivity index (χ1v) is 13.2. The lowest BCUT2D eigenvalue weighted by Gasteiger charge is -2.31. The van der Waals surface area contributed by atoms with E-state index in [4.69, 9.17) is 0 Å². The molecule has 0 aliphatic carbocycles. The molecule has 0 unspecified atom stereocenters. The Bertz CT molecular complexity index is 1370. The van der Waals surface area contributed by atoms with Crippen LogP contribution in [0.5, 0.6) is 0 Å². The quantitative estimate of drug-likeness (QED) is 0.558. The normalized spacial score (nSPS) is 16.8. The number of hydrogen-bond donors (Lipinski definition) is 0. The topological polar surface area (TPSA) is 105 Å². The van der Waals surface area contributed by atoms with Crippen LogP contribution in [0.3, 0.4) is 0 Å². The summed E-state index contributed by atoms with van der Waals surface area (Å²) in [4.78, 5) is 0.210. The van der Waals surface area contributed by atoms with Crippen molar-refractivity contribution in [3.05, 3.63) is 47.5 Å². The molecule has 0 atom stereocenters. The van der Waals surface area contributed by atoms with E-state index < -0.39 is 20.0 Å². The highest BCUT2D eigenvalue weighted by Gasteiger charge is 2.32. The average Bonchev–Trinajstić information content (AvgIpc) is 3.16. The lowest BCUT2D eigenvalue weighted by atomic mass is 10.1. The van der Waals surface area contributed by atoms with Crippen LogP contribution in [-0.2, 0) is 20.0 Å². The molecule has 1 fully saturated rings. The molecule has 11 heteroatoms. The van der Waals surface area contributed by atoms with Crippen LogP contribution in [0.25, 0.3) is 11.0 Å². The molecule has 32 heavy (non-hydrogen) atoms. The number of rotatable bonds is 5. The highest BCUT2D eigenvalue weighted by atomic mass is 32.2. The van der Waals surface area contributed by atoms with E-state index in [1.807, 2.05) is 29.8 Å². The summed E-state index contributed by atoms with van der Waals surface area (Å²) in [7, 11) is -4.47. The molecule has 0 N–H and O–H groups in total. The number of nitrogens with zero attached hydrogens (tertiary/aromatic N) is 5. The highest BCUT2D eigenvalue weighted by molar-refractivity contribution is 7.89. The third kappa shape index (κ3) is 3.94. The molecule has 0 saturated carbocycles. The molecule has 1 saturated heterocycles. The second kappa shape index (κ2) is 8.22. The summed E-state index contributed by atoms with van der Waals surface area (Å²) >= 11 is 0. The number of aromatic nitrogens is 3. The van der Waals surface area contributed by atoms with E-state index in [1.54, 1.807) is 6.92 Å². The minimum absolute atomic E-state index is 0.0727. The van der Waals surface area contributed by atoms with Gasteiger partial charge in [0, 0.05) is 27.2 Å². The molecule has 9 nitrogen and oxygen atoms in total. The maximum atomic E-state index is 13.2. The molecule has 0 spiro atoms. The number of benzene rings is 2. The van der Waals surface area contributed by atoms with Crippen LogP contribution < -0.4 is 0 Å². The van der Waals surface area contributed by atoms with Crippen molar-refractivity contribution in [2.45, 2.75) is 42.5 Å². The van der Waals surface area contributed by atoms with Crippen molar-refractivity contribution in [2.75, 3.05) is 27.2 Å². The van der Waals surface area contributed by atoms with E-state index in [1.165, 1.54) is 36.6 Å². The molecule has 0 radical (unpaired) electrons. The zero-order valence-corrected chi connectivity index (χ0v) is 20.2. The van der Waals surface area contributed by atoms with Gasteiger partial charge in [-0.25, -0.2) is 25.8 Å². The standard InChI is InChI=1S/C21H27N5O4S2/c1-15-5-7-20-19(13-15)22-23-26(20)17-9-11-25(12-10-17)31(27,28)18-6-8-21(16(2)14-18)32(29,30)24(3)4/h5-8,13-14,17H,9-12H2,1-4H3. The molecule has 2 aromatic carbocycles. The highest BCUT2D eigenvalue weighted by Crippen LogP contribution is 2.30. The minimum Gasteiger partial charge on any atom is -0.242 e. The lowest BCUT2D eigenvalue weighted by molar-refractivity contribution is 0.262. The van der Waals surface area contributed by atoms with Gasteiger partial charge in [0.05, 0.1) is 21.3 Å². The Labute approximate surface area is 188 Å². The third-order valence-electron chi connectivity index (χ3n) is 5.94. The predicted molar refractivity (Wildman–Crippen MR) is 121 cm³/mol. The van der Waals surface area contributed by atoms with E-state index in [0.29, 0.717) is 31.5 Å². The minimum atomic E-state index is -3.73. The monoisotopic (exact) mass is 477 g/mol. The Kier molecular flexibility index (Phi) is 5.86. The van der Waals surface area contributed by atoms with Crippen molar-refractivity contribution in [1.82, 2.24) is 23.6 Å². The summed E-state index contributed by atoms with van der Waals surface area (Å²) in [5, 5.41) is 8.55. The zero-order valence-electron chi connectivity index (χ0n) is 18.6. The molecule has 0 amide bonds. The smallest absolute Gasteiger partial charge is 0.242 e. The Balaban J connectivity index is 1.53. The second-order valence-corrected chi connectivity index (χ2v) is 12.4. The van der Waals surface area contributed by atoms with E-state index in [2.05, 4.69) is 10.3 Å². The lowest BCUT2D eigenvalue weighted by Crippen LogP contribution is -2.39. The maximum Gasteiger partial charge on any atom is 0.243 e. The fraction of sp³-hybridized carbons (Fsp3) is 0.429. The summed E-state index contributed by atoms with van der Waals surface area (Å²) in [5.74, 6) is 0. The van der Waals surface area contributed by atoms with E-state index in [0.717, 1.165) is 20.9 Å². The van der Waals surface area contributed by atoms with E-state index in [9.17, 15) is 16.8 Å². The van der Waals surface area contributed by atoms with Crippen molar-refractivity contribution < 1.29 is 16.8 Å². The SMILES string of the molecule is Cc1ccc2c(c1)nnn2C1CCN(S(=O)(=O)c2ccc(S(=O)(=O)N(C)C)c(C)c2)CC1. The van der Waals surface area contributed by atoms with Crippen LogP contribution in [0.1, 0.15) is 30.0 Å². The second-order valence-electron chi connectivity index (χ2n) is 8.38. The molecule has 1 aliphatic heterocycles. The molecule has 172 valence electrons. The average molecular weight is 478 g/mol. The molecular formula is C21H27N5O4S2. The number of sulfonamides is 2. The molecule has 2 heterocycles. The molecule has 0 bridgehead atoms. The van der Waals surface area contributed by atoms with Gasteiger partial charge in [-0.3, -0.25) is 0 Å². The van der Waals surface area contributed by atoms with Gasteiger partial charge in [-0.1, -0.05) is 11.3 Å². The Morgan fingerprint density at radius 2 is 1.66 bits per heavy atom. The first-order chi connectivity index (χ1) is 15.0. The van der Waals surface area contributed by atoms with Gasteiger partial charge < -0.3 is 0 Å². The van der Waals surface area contributed by atoms with Crippen LogP contribution in [0.4, 0.5) is 0 Å². The molecular weight excluding hydrogens is 450 g/mol. The summed E-state index contributed by atoms with van der Waals surface area (Å²) < 4.78 is 55.7. The molecule has 1 aromatic heterocycles. The number of fused-ring (bicyclic) bond motifs is 1. The molecule has 1 aliphatic rings. The van der Waals surface area contributed by atoms with Gasteiger partial charge in [-0.05, 0) is 68.1 Å². The summed E-state index contributed by atoms with van der Waals surface area (Å²) in [6.07, 6.45) is 1.25. The van der Waals surface area contributed by atoms with Gasteiger partial charge in [-0.15, -0.1) is 5.10 Å². The largest absolute Gasteiger partial charge is 0.243 e. The predicted octanol–water partition coefficient (Wildman–Crippen LogP) is 2.32.